The number of nitrogens with zero attached hydrogens (tertiary/aromatic N) is 4. The van der Waals surface area contributed by atoms with Crippen LogP contribution < -0.4 is 5.32 Å². The number of hydrogen-bond acceptors (Lipinski definition) is 4. The molecule has 0 bridgehead atoms. The number of aromatic nitrogens is 4. The fraction of sp³-hybridized carbons (Fsp3) is 0.929. The Kier molecular flexibility index (Phi) is 4.23. The first kappa shape index (κ1) is 14.4. The van der Waals surface area contributed by atoms with E-state index in [4.69, 9.17) is 0 Å². The fourth-order valence-electron chi connectivity index (χ4n) is 2.70. The molecule has 1 heterocycles. The van der Waals surface area contributed by atoms with Crippen LogP contribution >= 0.6 is 0 Å². The molecule has 5 nitrogen and oxygen atoms in total. The van der Waals surface area contributed by atoms with Gasteiger partial charge in [0.05, 0.1) is 12.6 Å². The minimum absolute atomic E-state index is 0.0884. The Morgan fingerprint density at radius 1 is 1.21 bits per heavy atom. The van der Waals surface area contributed by atoms with E-state index in [9.17, 15) is 0 Å². The highest BCUT2D eigenvalue weighted by molar-refractivity contribution is 4.89. The minimum Gasteiger partial charge on any atom is -0.305 e. The molecule has 0 radical (unpaired) electrons. The van der Waals surface area contributed by atoms with E-state index < -0.39 is 0 Å². The van der Waals surface area contributed by atoms with E-state index in [-0.39, 0.29) is 5.54 Å². The number of rotatable bonds is 3. The molecule has 1 aromatic heterocycles. The van der Waals surface area contributed by atoms with Gasteiger partial charge in [0.1, 0.15) is 0 Å². The van der Waals surface area contributed by atoms with Gasteiger partial charge in [0.15, 0.2) is 5.82 Å². The Morgan fingerprint density at radius 2 is 1.95 bits per heavy atom. The van der Waals surface area contributed by atoms with Crippen LogP contribution in [-0.4, -0.2) is 25.7 Å². The number of tetrazole rings is 1. The normalized spacial score (nSPS) is 28.6. The molecule has 5 heteroatoms. The molecule has 0 saturated heterocycles. The average Bonchev–Trinajstić information content (AvgIpc) is 2.77. The van der Waals surface area contributed by atoms with Crippen molar-refractivity contribution in [3.8, 4) is 0 Å². The van der Waals surface area contributed by atoms with Crippen molar-refractivity contribution >= 4 is 0 Å². The standard InChI is InChI=1S/C14H27N5/c1-10-6-7-12(8-11(10)2)19-13(16-17-18-19)9-15-14(3,4)5/h10-12,15H,6-9H2,1-5H3. The van der Waals surface area contributed by atoms with Crippen molar-refractivity contribution in [2.45, 2.75) is 72.0 Å². The van der Waals surface area contributed by atoms with E-state index in [1.807, 2.05) is 4.68 Å². The summed E-state index contributed by atoms with van der Waals surface area (Å²) < 4.78 is 2.04. The molecule has 1 aliphatic rings. The summed E-state index contributed by atoms with van der Waals surface area (Å²) in [7, 11) is 0. The molecule has 1 fully saturated rings. The summed E-state index contributed by atoms with van der Waals surface area (Å²) in [6.45, 7) is 11.9. The van der Waals surface area contributed by atoms with Crippen LogP contribution in [0.15, 0.2) is 0 Å². The van der Waals surface area contributed by atoms with Gasteiger partial charge in [0.2, 0.25) is 0 Å². The molecule has 19 heavy (non-hydrogen) atoms. The monoisotopic (exact) mass is 265 g/mol. The summed E-state index contributed by atoms with van der Waals surface area (Å²) in [5.74, 6) is 2.54. The average molecular weight is 265 g/mol. The van der Waals surface area contributed by atoms with E-state index in [1.54, 1.807) is 0 Å². The second-order valence-corrected chi connectivity index (χ2v) is 7.06. The zero-order valence-corrected chi connectivity index (χ0v) is 12.8. The van der Waals surface area contributed by atoms with Crippen molar-refractivity contribution in [3.05, 3.63) is 5.82 Å². The van der Waals surface area contributed by atoms with Crippen molar-refractivity contribution in [2.24, 2.45) is 11.8 Å². The minimum atomic E-state index is 0.0884. The lowest BCUT2D eigenvalue weighted by Gasteiger charge is -2.32. The molecular weight excluding hydrogens is 238 g/mol. The van der Waals surface area contributed by atoms with Gasteiger partial charge in [-0.3, -0.25) is 0 Å². The van der Waals surface area contributed by atoms with Gasteiger partial charge in [-0.05, 0) is 62.3 Å². The molecule has 0 amide bonds. The third-order valence-corrected chi connectivity index (χ3v) is 4.25. The van der Waals surface area contributed by atoms with Crippen LogP contribution in [0.25, 0.3) is 0 Å². The Bertz CT molecular complexity index is 406. The van der Waals surface area contributed by atoms with Gasteiger partial charge in [0.25, 0.3) is 0 Å². The topological polar surface area (TPSA) is 55.6 Å². The maximum Gasteiger partial charge on any atom is 0.165 e. The van der Waals surface area contributed by atoms with Crippen LogP contribution in [0.1, 0.15) is 65.7 Å². The third kappa shape index (κ3) is 3.75. The lowest BCUT2D eigenvalue weighted by atomic mass is 9.79. The van der Waals surface area contributed by atoms with Crippen molar-refractivity contribution in [1.29, 1.82) is 0 Å². The summed E-state index contributed by atoms with van der Waals surface area (Å²) in [5.41, 5.74) is 0.0884. The molecule has 108 valence electrons. The van der Waals surface area contributed by atoms with Crippen LogP contribution in [0, 0.1) is 11.8 Å². The Labute approximate surface area is 116 Å². The molecule has 3 atom stereocenters. The molecule has 0 aliphatic heterocycles. The first-order valence-corrected chi connectivity index (χ1v) is 7.38. The summed E-state index contributed by atoms with van der Waals surface area (Å²) in [6.07, 6.45) is 3.66. The van der Waals surface area contributed by atoms with Gasteiger partial charge in [-0.1, -0.05) is 13.8 Å². The van der Waals surface area contributed by atoms with Gasteiger partial charge in [-0.15, -0.1) is 5.10 Å². The second-order valence-electron chi connectivity index (χ2n) is 7.06. The van der Waals surface area contributed by atoms with E-state index in [1.165, 1.54) is 19.3 Å². The maximum absolute atomic E-state index is 4.22. The van der Waals surface area contributed by atoms with Gasteiger partial charge in [0, 0.05) is 5.54 Å². The van der Waals surface area contributed by atoms with Gasteiger partial charge in [-0.25, -0.2) is 4.68 Å². The Morgan fingerprint density at radius 3 is 2.58 bits per heavy atom. The van der Waals surface area contributed by atoms with Crippen LogP contribution in [0.5, 0.6) is 0 Å². The molecule has 1 aromatic rings. The highest BCUT2D eigenvalue weighted by Gasteiger charge is 2.28. The van der Waals surface area contributed by atoms with Crippen molar-refractivity contribution in [1.82, 2.24) is 25.5 Å². The van der Waals surface area contributed by atoms with Gasteiger partial charge < -0.3 is 5.32 Å². The van der Waals surface area contributed by atoms with E-state index >= 15 is 0 Å². The summed E-state index contributed by atoms with van der Waals surface area (Å²) in [4.78, 5) is 0. The van der Waals surface area contributed by atoms with Crippen molar-refractivity contribution < 1.29 is 0 Å². The van der Waals surface area contributed by atoms with Crippen LogP contribution in [-0.2, 0) is 6.54 Å². The van der Waals surface area contributed by atoms with E-state index in [2.05, 4.69) is 55.5 Å². The van der Waals surface area contributed by atoms with E-state index in [0.717, 1.165) is 24.2 Å². The summed E-state index contributed by atoms with van der Waals surface area (Å²) in [5, 5.41) is 15.7. The highest BCUT2D eigenvalue weighted by atomic mass is 15.6. The largest absolute Gasteiger partial charge is 0.305 e. The highest BCUT2D eigenvalue weighted by Crippen LogP contribution is 2.35. The molecule has 1 aliphatic carbocycles. The lowest BCUT2D eigenvalue weighted by molar-refractivity contribution is 0.195. The van der Waals surface area contributed by atoms with Gasteiger partial charge >= 0.3 is 0 Å². The van der Waals surface area contributed by atoms with Crippen LogP contribution in [0.2, 0.25) is 0 Å². The van der Waals surface area contributed by atoms with Crippen LogP contribution in [0.4, 0.5) is 0 Å². The second kappa shape index (κ2) is 5.57. The quantitative estimate of drug-likeness (QED) is 0.912. The summed E-state index contributed by atoms with van der Waals surface area (Å²) in [6, 6.07) is 0.470. The zero-order valence-electron chi connectivity index (χ0n) is 12.8. The summed E-state index contributed by atoms with van der Waals surface area (Å²) >= 11 is 0. The molecule has 1 saturated carbocycles. The molecule has 2 rings (SSSR count). The Balaban J connectivity index is 2.03. The molecule has 0 spiro atoms. The van der Waals surface area contributed by atoms with Crippen LogP contribution in [0.3, 0.4) is 0 Å². The lowest BCUT2D eigenvalue weighted by Crippen LogP contribution is -2.36. The van der Waals surface area contributed by atoms with E-state index in [0.29, 0.717) is 6.04 Å². The first-order valence-electron chi connectivity index (χ1n) is 7.38. The molecule has 0 aromatic carbocycles. The smallest absolute Gasteiger partial charge is 0.165 e. The zero-order chi connectivity index (χ0) is 14.0. The SMILES string of the molecule is CC1CCC(n2nnnc2CNC(C)(C)C)CC1C. The fourth-order valence-corrected chi connectivity index (χ4v) is 2.70. The number of nitrogens with one attached hydrogen (secondary N) is 1. The third-order valence-electron chi connectivity index (χ3n) is 4.25. The predicted octanol–water partition coefficient (Wildman–Crippen LogP) is 2.56. The first-order chi connectivity index (χ1) is 8.87. The van der Waals surface area contributed by atoms with Crippen molar-refractivity contribution in [3.63, 3.8) is 0 Å². The van der Waals surface area contributed by atoms with Gasteiger partial charge in [-0.2, -0.15) is 0 Å². The molecular formula is C14H27N5. The molecule has 3 unspecified atom stereocenters. The maximum atomic E-state index is 4.22. The van der Waals surface area contributed by atoms with Crippen molar-refractivity contribution in [2.75, 3.05) is 0 Å². The Hall–Kier alpha value is -0.970. The molecule has 1 N–H and O–H groups in total. The number of hydrogen-bond donors (Lipinski definition) is 1. The predicted molar refractivity (Wildman–Crippen MR) is 75.6 cm³/mol.